The van der Waals surface area contributed by atoms with E-state index in [9.17, 15) is 4.79 Å². The third-order valence-corrected chi connectivity index (χ3v) is 5.17. The molecule has 7 heteroatoms. The van der Waals surface area contributed by atoms with Gasteiger partial charge in [0, 0.05) is 32.0 Å². The zero-order valence-corrected chi connectivity index (χ0v) is 17.6. The first-order chi connectivity index (χ1) is 15.0. The molecule has 0 aliphatic heterocycles. The lowest BCUT2D eigenvalue weighted by atomic mass is 10.1. The minimum absolute atomic E-state index is 0.190. The largest absolute Gasteiger partial charge is 0.397 e. The van der Waals surface area contributed by atoms with Gasteiger partial charge in [0.1, 0.15) is 12.4 Å². The number of hydrogen-bond acceptors (Lipinski definition) is 5. The molecule has 4 rings (SSSR count). The van der Waals surface area contributed by atoms with Crippen LogP contribution in [0.5, 0.6) is 0 Å². The molecule has 0 saturated heterocycles. The van der Waals surface area contributed by atoms with Gasteiger partial charge < -0.3 is 25.7 Å². The van der Waals surface area contributed by atoms with Crippen molar-refractivity contribution in [1.82, 2.24) is 9.55 Å². The summed E-state index contributed by atoms with van der Waals surface area (Å²) in [6.07, 6.45) is 0. The number of imidazole rings is 1. The molecular weight excluding hydrogens is 390 g/mol. The average Bonchev–Trinajstić information content (AvgIpc) is 3.09. The first-order valence-corrected chi connectivity index (χ1v) is 9.98. The second kappa shape index (κ2) is 8.89. The predicted molar refractivity (Wildman–Crippen MR) is 124 cm³/mol. The molecule has 3 aromatic carbocycles. The summed E-state index contributed by atoms with van der Waals surface area (Å²) in [6.45, 7) is 1.11. The van der Waals surface area contributed by atoms with E-state index in [2.05, 4.69) is 15.6 Å². The molecule has 0 aliphatic rings. The summed E-state index contributed by atoms with van der Waals surface area (Å²) in [4.78, 5) is 17.1. The van der Waals surface area contributed by atoms with E-state index in [1.807, 2.05) is 66.2 Å². The Balaban J connectivity index is 1.40. The number of aromatic nitrogens is 2. The maximum absolute atomic E-state index is 12.5. The van der Waals surface area contributed by atoms with Crippen LogP contribution in [-0.4, -0.2) is 22.6 Å². The number of nitrogen functional groups attached to an aromatic ring is 1. The van der Waals surface area contributed by atoms with Gasteiger partial charge in [-0.05, 0) is 48.0 Å². The number of fused-ring (bicyclic) bond motifs is 1. The highest BCUT2D eigenvalue weighted by molar-refractivity contribution is 6.05. The molecule has 0 unspecified atom stereocenters. The Bertz CT molecular complexity index is 1210. The van der Waals surface area contributed by atoms with E-state index in [0.717, 1.165) is 28.1 Å². The standard InChI is InChI=1S/C24H25N5O2/c1-29-22-12-11-18(13-21(22)27-23(29)15-31-2)26-14-16-7-9-17(10-8-16)24(30)28-20-6-4-3-5-19(20)25/h3-13,26H,14-15,25H2,1-2H3,(H,28,30). The first-order valence-electron chi connectivity index (χ1n) is 9.98. The van der Waals surface area contributed by atoms with Gasteiger partial charge in [-0.15, -0.1) is 0 Å². The number of hydrogen-bond donors (Lipinski definition) is 3. The van der Waals surface area contributed by atoms with Crippen molar-refractivity contribution in [3.63, 3.8) is 0 Å². The van der Waals surface area contributed by atoms with E-state index >= 15 is 0 Å². The fraction of sp³-hybridized carbons (Fsp3) is 0.167. The summed E-state index contributed by atoms with van der Waals surface area (Å²) in [6, 6.07) is 20.8. The molecule has 0 fully saturated rings. The van der Waals surface area contributed by atoms with Crippen LogP contribution in [0.3, 0.4) is 0 Å². The molecule has 0 saturated carbocycles. The summed E-state index contributed by atoms with van der Waals surface area (Å²) in [5.74, 6) is 0.700. The molecule has 0 spiro atoms. The van der Waals surface area contributed by atoms with Crippen molar-refractivity contribution >= 4 is 34.0 Å². The third kappa shape index (κ3) is 4.51. The molecule has 7 nitrogen and oxygen atoms in total. The summed E-state index contributed by atoms with van der Waals surface area (Å²) >= 11 is 0. The van der Waals surface area contributed by atoms with E-state index in [1.165, 1.54) is 0 Å². The third-order valence-electron chi connectivity index (χ3n) is 5.17. The smallest absolute Gasteiger partial charge is 0.255 e. The van der Waals surface area contributed by atoms with Crippen LogP contribution >= 0.6 is 0 Å². The molecule has 158 valence electrons. The van der Waals surface area contributed by atoms with Crippen molar-refractivity contribution in [3.8, 4) is 0 Å². The summed E-state index contributed by atoms with van der Waals surface area (Å²) in [5, 5.41) is 6.25. The van der Waals surface area contributed by atoms with Crippen LogP contribution in [0.4, 0.5) is 17.1 Å². The Kier molecular flexibility index (Phi) is 5.86. The number of nitrogens with two attached hydrogens (primary N) is 1. The highest BCUT2D eigenvalue weighted by Crippen LogP contribution is 2.21. The quantitative estimate of drug-likeness (QED) is 0.394. The Labute approximate surface area is 180 Å². The van der Waals surface area contributed by atoms with Crippen molar-refractivity contribution in [3.05, 3.63) is 83.7 Å². The minimum atomic E-state index is -0.190. The van der Waals surface area contributed by atoms with E-state index in [0.29, 0.717) is 30.1 Å². The van der Waals surface area contributed by atoms with E-state index < -0.39 is 0 Å². The second-order valence-electron chi connectivity index (χ2n) is 7.32. The summed E-state index contributed by atoms with van der Waals surface area (Å²) in [7, 11) is 3.65. The van der Waals surface area contributed by atoms with Gasteiger partial charge >= 0.3 is 0 Å². The Morgan fingerprint density at radius 3 is 2.61 bits per heavy atom. The number of rotatable bonds is 7. The fourth-order valence-corrected chi connectivity index (χ4v) is 3.40. The van der Waals surface area contributed by atoms with Crippen molar-refractivity contribution < 1.29 is 9.53 Å². The maximum atomic E-state index is 12.5. The summed E-state index contributed by atoms with van der Waals surface area (Å²) in [5.41, 5.74) is 11.6. The molecule has 4 aromatic rings. The number of ether oxygens (including phenoxy) is 1. The molecule has 1 aromatic heterocycles. The number of anilines is 3. The van der Waals surface area contributed by atoms with Crippen LogP contribution in [-0.2, 0) is 24.9 Å². The van der Waals surface area contributed by atoms with Crippen LogP contribution in [0.25, 0.3) is 11.0 Å². The molecule has 0 aliphatic carbocycles. The molecule has 1 heterocycles. The summed E-state index contributed by atoms with van der Waals surface area (Å²) < 4.78 is 7.24. The average molecular weight is 415 g/mol. The minimum Gasteiger partial charge on any atom is -0.397 e. The first kappa shape index (κ1) is 20.4. The fourth-order valence-electron chi connectivity index (χ4n) is 3.40. The molecule has 4 N–H and O–H groups in total. The zero-order chi connectivity index (χ0) is 21.8. The highest BCUT2D eigenvalue weighted by Gasteiger charge is 2.09. The van der Waals surface area contributed by atoms with Gasteiger partial charge in [-0.2, -0.15) is 0 Å². The van der Waals surface area contributed by atoms with E-state index in [-0.39, 0.29) is 5.91 Å². The number of benzene rings is 3. The Morgan fingerprint density at radius 2 is 1.87 bits per heavy atom. The lowest BCUT2D eigenvalue weighted by Crippen LogP contribution is -2.13. The van der Waals surface area contributed by atoms with Gasteiger partial charge in [0.25, 0.3) is 5.91 Å². The number of carbonyl (C=O) groups is 1. The van der Waals surface area contributed by atoms with Crippen LogP contribution in [0.2, 0.25) is 0 Å². The maximum Gasteiger partial charge on any atom is 0.255 e. The molecule has 0 atom stereocenters. The molecule has 0 radical (unpaired) electrons. The predicted octanol–water partition coefficient (Wildman–Crippen LogP) is 4.17. The highest BCUT2D eigenvalue weighted by atomic mass is 16.5. The molecule has 0 bridgehead atoms. The second-order valence-corrected chi connectivity index (χ2v) is 7.32. The molecular formula is C24H25N5O2. The zero-order valence-electron chi connectivity index (χ0n) is 17.6. The number of methoxy groups -OCH3 is 1. The van der Waals surface area contributed by atoms with Crippen LogP contribution in [0.15, 0.2) is 66.7 Å². The number of amides is 1. The Morgan fingerprint density at radius 1 is 1.10 bits per heavy atom. The van der Waals surface area contributed by atoms with Gasteiger partial charge in [-0.25, -0.2) is 4.98 Å². The number of nitrogens with zero attached hydrogens (tertiary/aromatic N) is 2. The lowest BCUT2D eigenvalue weighted by Gasteiger charge is -2.09. The normalized spacial score (nSPS) is 10.9. The number of nitrogens with one attached hydrogen (secondary N) is 2. The van der Waals surface area contributed by atoms with Crippen LogP contribution < -0.4 is 16.4 Å². The lowest BCUT2D eigenvalue weighted by molar-refractivity contribution is 0.102. The van der Waals surface area contributed by atoms with Crippen LogP contribution in [0, 0.1) is 0 Å². The molecule has 31 heavy (non-hydrogen) atoms. The van der Waals surface area contributed by atoms with Crippen molar-refractivity contribution in [2.45, 2.75) is 13.2 Å². The molecule has 1 amide bonds. The van der Waals surface area contributed by atoms with E-state index in [1.54, 1.807) is 19.2 Å². The number of aryl methyl sites for hydroxylation is 1. The van der Waals surface area contributed by atoms with Gasteiger partial charge in [0.15, 0.2) is 0 Å². The number of para-hydroxylation sites is 2. The van der Waals surface area contributed by atoms with Gasteiger partial charge in [-0.3, -0.25) is 4.79 Å². The number of carbonyl (C=O) groups excluding carboxylic acids is 1. The van der Waals surface area contributed by atoms with Crippen molar-refractivity contribution in [2.24, 2.45) is 7.05 Å². The van der Waals surface area contributed by atoms with Gasteiger partial charge in [-0.1, -0.05) is 24.3 Å². The van der Waals surface area contributed by atoms with Crippen molar-refractivity contribution in [1.29, 1.82) is 0 Å². The monoisotopic (exact) mass is 415 g/mol. The van der Waals surface area contributed by atoms with E-state index in [4.69, 9.17) is 10.5 Å². The van der Waals surface area contributed by atoms with Gasteiger partial charge in [0.2, 0.25) is 0 Å². The van der Waals surface area contributed by atoms with Gasteiger partial charge in [0.05, 0.1) is 22.4 Å². The Hall–Kier alpha value is -3.84. The SMILES string of the molecule is COCc1nc2cc(NCc3ccc(C(=O)Nc4ccccc4N)cc3)ccc2n1C. The topological polar surface area (TPSA) is 94.2 Å². The van der Waals surface area contributed by atoms with Crippen molar-refractivity contribution in [2.75, 3.05) is 23.5 Å². The van der Waals surface area contributed by atoms with Crippen LogP contribution in [0.1, 0.15) is 21.7 Å².